The average molecular weight is 261 g/mol. The Balaban J connectivity index is 2.14. The lowest BCUT2D eigenvalue weighted by Gasteiger charge is -1.94. The van der Waals surface area contributed by atoms with Gasteiger partial charge in [-0.1, -0.05) is 11.6 Å². The third-order valence-electron chi connectivity index (χ3n) is 1.88. The molecule has 78 valence electrons. The number of carbonyl (C=O) groups excluding carboxylic acids is 1. The number of thiophene rings is 1. The van der Waals surface area contributed by atoms with E-state index in [0.29, 0.717) is 16.3 Å². The predicted molar refractivity (Wildman–Crippen MR) is 61.1 cm³/mol. The van der Waals surface area contributed by atoms with Gasteiger partial charge >= 0.3 is 0 Å². The van der Waals surface area contributed by atoms with Gasteiger partial charge in [0.1, 0.15) is 0 Å². The monoisotopic (exact) mass is 260 g/mol. The number of halogens is 2. The molecule has 15 heavy (non-hydrogen) atoms. The highest BCUT2D eigenvalue weighted by atomic mass is 35.5. The van der Waals surface area contributed by atoms with Crippen LogP contribution in [0, 0.1) is 0 Å². The summed E-state index contributed by atoms with van der Waals surface area (Å²) in [5.74, 6) is -0.0627. The minimum Gasteiger partial charge on any atom is -0.452 e. The van der Waals surface area contributed by atoms with Crippen molar-refractivity contribution in [3.05, 3.63) is 44.5 Å². The van der Waals surface area contributed by atoms with E-state index in [0.717, 1.165) is 4.88 Å². The molecule has 5 heteroatoms. The molecule has 0 N–H and O–H groups in total. The fraction of sp³-hybridized carbons (Fsp3) is 0.100. The maximum Gasteiger partial charge on any atom is 0.203 e. The largest absolute Gasteiger partial charge is 0.452 e. The van der Waals surface area contributed by atoms with Crippen LogP contribution in [0.25, 0.3) is 0 Å². The van der Waals surface area contributed by atoms with Gasteiger partial charge in [0.25, 0.3) is 0 Å². The van der Waals surface area contributed by atoms with Crippen LogP contribution in [0.2, 0.25) is 9.56 Å². The molecule has 0 unspecified atom stereocenters. The zero-order chi connectivity index (χ0) is 10.8. The molecule has 2 aromatic rings. The number of hydrogen-bond donors (Lipinski definition) is 0. The number of carbonyl (C=O) groups is 1. The molecule has 0 aliphatic heterocycles. The van der Waals surface area contributed by atoms with Crippen molar-refractivity contribution in [1.82, 2.24) is 0 Å². The summed E-state index contributed by atoms with van der Waals surface area (Å²) in [5, 5.41) is 0.141. The average Bonchev–Trinajstić information content (AvgIpc) is 2.75. The van der Waals surface area contributed by atoms with Crippen LogP contribution in [0.15, 0.2) is 28.9 Å². The van der Waals surface area contributed by atoms with Gasteiger partial charge < -0.3 is 4.42 Å². The van der Waals surface area contributed by atoms with Crippen molar-refractivity contribution < 1.29 is 9.21 Å². The first kappa shape index (κ1) is 10.7. The van der Waals surface area contributed by atoms with Crippen LogP contribution >= 0.6 is 34.5 Å². The first-order valence-corrected chi connectivity index (χ1v) is 5.74. The summed E-state index contributed by atoms with van der Waals surface area (Å²) in [7, 11) is 0. The van der Waals surface area contributed by atoms with Crippen LogP contribution in [0.1, 0.15) is 15.2 Å². The van der Waals surface area contributed by atoms with Gasteiger partial charge in [-0.15, -0.1) is 11.3 Å². The number of rotatable bonds is 3. The molecule has 0 fully saturated rings. The van der Waals surface area contributed by atoms with E-state index in [9.17, 15) is 4.79 Å². The molecule has 2 rings (SSSR count). The van der Waals surface area contributed by atoms with Gasteiger partial charge in [-0.3, -0.25) is 4.79 Å². The first-order valence-electron chi connectivity index (χ1n) is 4.17. The molecule has 2 heterocycles. The van der Waals surface area contributed by atoms with Gasteiger partial charge in [0.2, 0.25) is 5.22 Å². The zero-order valence-corrected chi connectivity index (χ0v) is 9.83. The second-order valence-corrected chi connectivity index (χ2v) is 5.06. The van der Waals surface area contributed by atoms with E-state index < -0.39 is 0 Å². The molecule has 0 radical (unpaired) electrons. The maximum atomic E-state index is 11.7. The topological polar surface area (TPSA) is 30.2 Å². The minimum atomic E-state index is -0.0627. The third kappa shape index (κ3) is 2.43. The molecule has 0 aliphatic rings. The van der Waals surface area contributed by atoms with Gasteiger partial charge in [-0.05, 0) is 29.8 Å². The summed E-state index contributed by atoms with van der Waals surface area (Å²) in [6.07, 6.45) is 1.70. The minimum absolute atomic E-state index is 0.0627. The number of ketones is 1. The van der Waals surface area contributed by atoms with E-state index in [-0.39, 0.29) is 11.0 Å². The lowest BCUT2D eigenvalue weighted by atomic mass is 10.1. The normalized spacial score (nSPS) is 10.5. The van der Waals surface area contributed by atoms with Gasteiger partial charge in [-0.25, -0.2) is 0 Å². The Kier molecular flexibility index (Phi) is 3.14. The standard InChI is InChI=1S/C10H6Cl2O2S/c11-9-2-1-6(15-9)5-8(13)7-3-4-14-10(7)12/h1-4H,5H2. The van der Waals surface area contributed by atoms with E-state index in [1.807, 2.05) is 6.07 Å². The lowest BCUT2D eigenvalue weighted by Crippen LogP contribution is -2.00. The number of Topliss-reactive ketones (excluding diaryl/α,β-unsaturated/α-hetero) is 1. The Morgan fingerprint density at radius 2 is 2.13 bits per heavy atom. The van der Waals surface area contributed by atoms with E-state index in [1.165, 1.54) is 17.6 Å². The highest BCUT2D eigenvalue weighted by molar-refractivity contribution is 7.16. The Hall–Kier alpha value is -0.770. The van der Waals surface area contributed by atoms with Crippen LogP contribution < -0.4 is 0 Å². The Bertz CT molecular complexity index is 487. The van der Waals surface area contributed by atoms with Crippen LogP contribution in [0.5, 0.6) is 0 Å². The second kappa shape index (κ2) is 4.39. The van der Waals surface area contributed by atoms with Crippen LogP contribution in [-0.4, -0.2) is 5.78 Å². The number of furan rings is 1. The Labute approximate surface area is 100 Å². The van der Waals surface area contributed by atoms with Crippen molar-refractivity contribution in [3.8, 4) is 0 Å². The van der Waals surface area contributed by atoms with E-state index in [2.05, 4.69) is 0 Å². The summed E-state index contributed by atoms with van der Waals surface area (Å²) in [6, 6.07) is 5.17. The van der Waals surface area contributed by atoms with E-state index in [4.69, 9.17) is 27.6 Å². The molecule has 0 saturated heterocycles. The lowest BCUT2D eigenvalue weighted by molar-refractivity contribution is 0.0993. The fourth-order valence-electron chi connectivity index (χ4n) is 1.19. The summed E-state index contributed by atoms with van der Waals surface area (Å²) >= 11 is 12.8. The van der Waals surface area contributed by atoms with Gasteiger partial charge in [0.05, 0.1) is 16.2 Å². The molecule has 0 saturated carbocycles. The zero-order valence-electron chi connectivity index (χ0n) is 7.50. The molecule has 2 aromatic heterocycles. The van der Waals surface area contributed by atoms with Crippen LogP contribution in [-0.2, 0) is 6.42 Å². The van der Waals surface area contributed by atoms with Crippen molar-refractivity contribution in [2.24, 2.45) is 0 Å². The molecule has 0 aliphatic carbocycles. The van der Waals surface area contributed by atoms with E-state index in [1.54, 1.807) is 12.1 Å². The molecular weight excluding hydrogens is 255 g/mol. The fourth-order valence-corrected chi connectivity index (χ4v) is 2.50. The summed E-state index contributed by atoms with van der Waals surface area (Å²) in [5.41, 5.74) is 0.418. The molecule has 2 nitrogen and oxygen atoms in total. The van der Waals surface area contributed by atoms with Crippen molar-refractivity contribution >= 4 is 40.3 Å². The SMILES string of the molecule is O=C(Cc1ccc(Cl)s1)c1ccoc1Cl. The molecule has 0 bridgehead atoms. The van der Waals surface area contributed by atoms with Crippen molar-refractivity contribution in [1.29, 1.82) is 0 Å². The second-order valence-electron chi connectivity index (χ2n) is 2.91. The van der Waals surface area contributed by atoms with E-state index >= 15 is 0 Å². The Morgan fingerprint density at radius 1 is 1.33 bits per heavy atom. The summed E-state index contributed by atoms with van der Waals surface area (Å²) < 4.78 is 5.53. The smallest absolute Gasteiger partial charge is 0.203 e. The molecule has 0 aromatic carbocycles. The van der Waals surface area contributed by atoms with Gasteiger partial charge in [0.15, 0.2) is 5.78 Å². The quantitative estimate of drug-likeness (QED) is 0.779. The molecule has 0 spiro atoms. The highest BCUT2D eigenvalue weighted by Gasteiger charge is 2.14. The van der Waals surface area contributed by atoms with Crippen molar-refractivity contribution in [2.45, 2.75) is 6.42 Å². The maximum absolute atomic E-state index is 11.7. The third-order valence-corrected chi connectivity index (χ3v) is 3.41. The number of hydrogen-bond acceptors (Lipinski definition) is 3. The van der Waals surface area contributed by atoms with Crippen LogP contribution in [0.4, 0.5) is 0 Å². The predicted octanol–water partition coefficient (Wildman–Crippen LogP) is 4.07. The van der Waals surface area contributed by atoms with Crippen molar-refractivity contribution in [3.63, 3.8) is 0 Å². The van der Waals surface area contributed by atoms with Gasteiger partial charge in [0, 0.05) is 11.3 Å². The Morgan fingerprint density at radius 3 is 2.67 bits per heavy atom. The van der Waals surface area contributed by atoms with Crippen LogP contribution in [0.3, 0.4) is 0 Å². The molecular formula is C10H6Cl2O2S. The van der Waals surface area contributed by atoms with Crippen molar-refractivity contribution in [2.75, 3.05) is 0 Å². The summed E-state index contributed by atoms with van der Waals surface area (Å²) in [6.45, 7) is 0. The highest BCUT2D eigenvalue weighted by Crippen LogP contribution is 2.24. The molecule has 0 atom stereocenters. The van der Waals surface area contributed by atoms with Gasteiger partial charge in [-0.2, -0.15) is 0 Å². The first-order chi connectivity index (χ1) is 7.16. The molecule has 0 amide bonds. The summed E-state index contributed by atoms with van der Waals surface area (Å²) in [4.78, 5) is 12.6.